The lowest BCUT2D eigenvalue weighted by Crippen LogP contribution is -2.39. The van der Waals surface area contributed by atoms with E-state index in [4.69, 9.17) is 4.74 Å². The van der Waals surface area contributed by atoms with Crippen LogP contribution in [-0.2, 0) is 4.74 Å². The van der Waals surface area contributed by atoms with Gasteiger partial charge in [-0.15, -0.1) is 0 Å². The van der Waals surface area contributed by atoms with Crippen LogP contribution < -0.4 is 5.32 Å². The third-order valence-electron chi connectivity index (χ3n) is 4.11. The average molecular weight is 241 g/mol. The van der Waals surface area contributed by atoms with Crippen molar-refractivity contribution in [1.29, 1.82) is 0 Å². The summed E-state index contributed by atoms with van der Waals surface area (Å²) in [4.78, 5) is 0. The monoisotopic (exact) mass is 241 g/mol. The molecule has 0 aromatic heterocycles. The quantitative estimate of drug-likeness (QED) is 0.685. The van der Waals surface area contributed by atoms with Gasteiger partial charge in [-0.2, -0.15) is 0 Å². The van der Waals surface area contributed by atoms with Crippen LogP contribution in [0.2, 0.25) is 0 Å². The summed E-state index contributed by atoms with van der Waals surface area (Å²) in [7, 11) is 0. The smallest absolute Gasteiger partial charge is 0.0625 e. The molecule has 17 heavy (non-hydrogen) atoms. The Hall–Kier alpha value is -0.0800. The van der Waals surface area contributed by atoms with Gasteiger partial charge in [-0.05, 0) is 25.3 Å². The van der Waals surface area contributed by atoms with Crippen molar-refractivity contribution in [2.75, 3.05) is 13.2 Å². The summed E-state index contributed by atoms with van der Waals surface area (Å²) >= 11 is 0. The molecule has 0 radical (unpaired) electrons. The summed E-state index contributed by atoms with van der Waals surface area (Å²) in [5, 5.41) is 3.56. The molecule has 1 rings (SSSR count). The van der Waals surface area contributed by atoms with Gasteiger partial charge in [0, 0.05) is 6.04 Å². The van der Waals surface area contributed by atoms with Crippen molar-refractivity contribution in [2.45, 2.75) is 77.9 Å². The van der Waals surface area contributed by atoms with E-state index >= 15 is 0 Å². The Labute approximate surface area is 108 Å². The van der Waals surface area contributed by atoms with E-state index in [0.717, 1.165) is 13.2 Å². The van der Waals surface area contributed by atoms with Crippen LogP contribution in [0.4, 0.5) is 0 Å². The lowest BCUT2D eigenvalue weighted by Gasteiger charge is -2.26. The first-order chi connectivity index (χ1) is 8.27. The third-order valence-corrected chi connectivity index (χ3v) is 4.11. The van der Waals surface area contributed by atoms with Crippen LogP contribution in [0.25, 0.3) is 0 Å². The second kappa shape index (κ2) is 8.93. The van der Waals surface area contributed by atoms with Crippen LogP contribution in [0.5, 0.6) is 0 Å². The predicted molar refractivity (Wildman–Crippen MR) is 74.4 cm³/mol. The molecule has 1 aliphatic carbocycles. The summed E-state index contributed by atoms with van der Waals surface area (Å²) in [6.07, 6.45) is 9.84. The first kappa shape index (κ1) is 15.0. The number of hydrogen-bond donors (Lipinski definition) is 1. The molecule has 0 aromatic rings. The fraction of sp³-hybridized carbons (Fsp3) is 1.00. The summed E-state index contributed by atoms with van der Waals surface area (Å²) in [6.45, 7) is 8.71. The van der Waals surface area contributed by atoms with Crippen LogP contribution in [-0.4, -0.2) is 25.3 Å². The Balaban J connectivity index is 2.28. The van der Waals surface area contributed by atoms with E-state index in [2.05, 4.69) is 26.1 Å². The lowest BCUT2D eigenvalue weighted by atomic mass is 10.00. The first-order valence-corrected chi connectivity index (χ1v) is 7.62. The van der Waals surface area contributed by atoms with Crippen molar-refractivity contribution in [2.24, 2.45) is 5.92 Å². The number of hydrogen-bond acceptors (Lipinski definition) is 2. The third kappa shape index (κ3) is 5.87. The summed E-state index contributed by atoms with van der Waals surface area (Å²) in [6, 6.07) is 0.535. The zero-order valence-electron chi connectivity index (χ0n) is 12.0. The molecule has 2 unspecified atom stereocenters. The highest BCUT2D eigenvalue weighted by atomic mass is 16.5. The zero-order chi connectivity index (χ0) is 12.5. The van der Waals surface area contributed by atoms with E-state index in [-0.39, 0.29) is 0 Å². The minimum absolute atomic E-state index is 0.530. The molecule has 2 atom stereocenters. The largest absolute Gasteiger partial charge is 0.377 e. The summed E-state index contributed by atoms with van der Waals surface area (Å²) in [5.41, 5.74) is 0. The van der Waals surface area contributed by atoms with E-state index < -0.39 is 0 Å². The Morgan fingerprint density at radius 2 is 1.76 bits per heavy atom. The number of ether oxygens (including phenoxy) is 1. The second-order valence-corrected chi connectivity index (χ2v) is 5.50. The molecule has 0 aliphatic heterocycles. The van der Waals surface area contributed by atoms with E-state index in [1.807, 2.05) is 0 Å². The number of rotatable bonds is 7. The van der Waals surface area contributed by atoms with Gasteiger partial charge in [0.2, 0.25) is 0 Å². The fourth-order valence-electron chi connectivity index (χ4n) is 2.62. The lowest BCUT2D eigenvalue weighted by molar-refractivity contribution is 0.0203. The average Bonchev–Trinajstić information content (AvgIpc) is 2.62. The highest BCUT2D eigenvalue weighted by Crippen LogP contribution is 2.20. The van der Waals surface area contributed by atoms with Gasteiger partial charge in [0.1, 0.15) is 0 Å². The van der Waals surface area contributed by atoms with Crippen molar-refractivity contribution in [3.63, 3.8) is 0 Å². The van der Waals surface area contributed by atoms with Crippen LogP contribution in [0, 0.1) is 5.92 Å². The molecular formula is C15H31NO. The zero-order valence-corrected chi connectivity index (χ0v) is 12.0. The molecule has 1 fully saturated rings. The van der Waals surface area contributed by atoms with Crippen LogP contribution >= 0.6 is 0 Å². The Morgan fingerprint density at radius 1 is 1.12 bits per heavy atom. The second-order valence-electron chi connectivity index (χ2n) is 5.50. The molecule has 2 heteroatoms. The maximum atomic E-state index is 6.14. The highest BCUT2D eigenvalue weighted by molar-refractivity contribution is 4.73. The SMILES string of the molecule is CCNC(COC1CCCCCC1)C(C)CC. The first-order valence-electron chi connectivity index (χ1n) is 7.62. The molecule has 0 amide bonds. The van der Waals surface area contributed by atoms with Crippen molar-refractivity contribution < 1.29 is 4.74 Å². The molecule has 0 bridgehead atoms. The normalized spacial score (nSPS) is 22.1. The minimum Gasteiger partial charge on any atom is -0.377 e. The summed E-state index contributed by atoms with van der Waals surface area (Å²) in [5.74, 6) is 0.709. The molecule has 0 aromatic carbocycles. The highest BCUT2D eigenvalue weighted by Gasteiger charge is 2.18. The Morgan fingerprint density at radius 3 is 2.29 bits per heavy atom. The molecule has 1 aliphatic rings. The van der Waals surface area contributed by atoms with Gasteiger partial charge in [0.15, 0.2) is 0 Å². The molecule has 0 heterocycles. The van der Waals surface area contributed by atoms with Gasteiger partial charge in [-0.3, -0.25) is 0 Å². The van der Waals surface area contributed by atoms with Crippen LogP contribution in [0.1, 0.15) is 65.7 Å². The van der Waals surface area contributed by atoms with Gasteiger partial charge >= 0.3 is 0 Å². The Kier molecular flexibility index (Phi) is 7.87. The van der Waals surface area contributed by atoms with Crippen molar-refractivity contribution >= 4 is 0 Å². The predicted octanol–water partition coefficient (Wildman–Crippen LogP) is 3.75. The minimum atomic E-state index is 0.530. The van der Waals surface area contributed by atoms with Gasteiger partial charge in [-0.1, -0.05) is 52.9 Å². The van der Waals surface area contributed by atoms with Gasteiger partial charge < -0.3 is 10.1 Å². The van der Waals surface area contributed by atoms with Crippen LogP contribution in [0.3, 0.4) is 0 Å². The Bertz CT molecular complexity index is 176. The summed E-state index contributed by atoms with van der Waals surface area (Å²) < 4.78 is 6.14. The fourth-order valence-corrected chi connectivity index (χ4v) is 2.62. The molecule has 0 spiro atoms. The van der Waals surface area contributed by atoms with Crippen molar-refractivity contribution in [3.05, 3.63) is 0 Å². The van der Waals surface area contributed by atoms with Gasteiger partial charge in [-0.25, -0.2) is 0 Å². The molecule has 2 nitrogen and oxygen atoms in total. The van der Waals surface area contributed by atoms with Crippen molar-refractivity contribution in [1.82, 2.24) is 5.32 Å². The maximum absolute atomic E-state index is 6.14. The van der Waals surface area contributed by atoms with E-state index in [0.29, 0.717) is 18.1 Å². The van der Waals surface area contributed by atoms with Crippen molar-refractivity contribution in [3.8, 4) is 0 Å². The molecule has 102 valence electrons. The van der Waals surface area contributed by atoms with E-state index in [1.165, 1.54) is 44.9 Å². The number of nitrogens with one attached hydrogen (secondary N) is 1. The molecule has 1 N–H and O–H groups in total. The van der Waals surface area contributed by atoms with E-state index in [9.17, 15) is 0 Å². The van der Waals surface area contributed by atoms with Gasteiger partial charge in [0.05, 0.1) is 12.7 Å². The molecule has 1 saturated carbocycles. The standard InChI is InChI=1S/C15H31NO/c1-4-13(3)15(16-5-2)12-17-14-10-8-6-7-9-11-14/h13-16H,4-12H2,1-3H3. The molecular weight excluding hydrogens is 210 g/mol. The maximum Gasteiger partial charge on any atom is 0.0625 e. The number of likely N-dealkylation sites (N-methyl/N-ethyl adjacent to an activating group) is 1. The molecule has 0 saturated heterocycles. The van der Waals surface area contributed by atoms with E-state index in [1.54, 1.807) is 0 Å². The topological polar surface area (TPSA) is 21.3 Å². The van der Waals surface area contributed by atoms with Gasteiger partial charge in [0.25, 0.3) is 0 Å². The van der Waals surface area contributed by atoms with Crippen LogP contribution in [0.15, 0.2) is 0 Å².